The molecule has 1 fully saturated rings. The highest BCUT2D eigenvalue weighted by Gasteiger charge is 2.50. The molecule has 134 valence electrons. The highest BCUT2D eigenvalue weighted by atomic mass is 31.2. The summed E-state index contributed by atoms with van der Waals surface area (Å²) < 4.78 is 21.0. The minimum atomic E-state index is -4.91. The van der Waals surface area contributed by atoms with Gasteiger partial charge in [-0.25, -0.2) is 19.6 Å². The number of hydrogen-bond acceptors (Lipinski definition) is 11. The average Bonchev–Trinajstić information content (AvgIpc) is 3.05. The van der Waals surface area contributed by atoms with Gasteiger partial charge in [-0.3, -0.25) is 0 Å². The Kier molecular flexibility index (Phi) is 4.36. The topological polar surface area (TPSA) is 194 Å². The normalized spacial score (nSPS) is 36.0. The third-order valence-corrected chi connectivity index (χ3v) is 4.08. The highest BCUT2D eigenvalue weighted by Crippen LogP contribution is 2.41. The standard InChI is InChI=1S/C10H16N5O8P/c11-8-5-9(15(3-13-8)23-24(19,20)21)14(2-12-5)10-7(18)6(17)4(1-16)22-10/h2-4,6-7,9-10,16-18H,1,11H2,(H2,19,20,21)/t4-,6-,7-,9?,10-/m1/s1. The molecule has 3 aliphatic heterocycles. The summed E-state index contributed by atoms with van der Waals surface area (Å²) in [7, 11) is -4.91. The second kappa shape index (κ2) is 6.06. The van der Waals surface area contributed by atoms with Crippen LogP contribution in [0.3, 0.4) is 0 Å². The number of hydrogen-bond donors (Lipinski definition) is 6. The third-order valence-electron chi connectivity index (χ3n) is 3.68. The summed E-state index contributed by atoms with van der Waals surface area (Å²) in [6.45, 7) is -0.528. The van der Waals surface area contributed by atoms with Crippen molar-refractivity contribution in [1.82, 2.24) is 9.96 Å². The van der Waals surface area contributed by atoms with Crippen LogP contribution < -0.4 is 5.73 Å². The molecule has 5 atom stereocenters. The van der Waals surface area contributed by atoms with E-state index in [9.17, 15) is 14.8 Å². The summed E-state index contributed by atoms with van der Waals surface area (Å²) in [5, 5.41) is 29.8. The zero-order valence-corrected chi connectivity index (χ0v) is 12.9. The maximum Gasteiger partial charge on any atom is 0.491 e. The van der Waals surface area contributed by atoms with Gasteiger partial charge in [0.15, 0.2) is 18.2 Å². The van der Waals surface area contributed by atoms with Crippen LogP contribution in [-0.4, -0.2) is 85.1 Å². The van der Waals surface area contributed by atoms with Crippen LogP contribution in [0, 0.1) is 0 Å². The number of aliphatic imine (C=N–C) groups is 2. The second-order valence-electron chi connectivity index (χ2n) is 5.24. The van der Waals surface area contributed by atoms with Crippen LogP contribution >= 0.6 is 7.82 Å². The molecule has 0 aromatic carbocycles. The number of aliphatic hydroxyl groups excluding tert-OH is 3. The van der Waals surface area contributed by atoms with E-state index in [1.165, 1.54) is 11.2 Å². The van der Waals surface area contributed by atoms with Gasteiger partial charge in [-0.1, -0.05) is 0 Å². The molecular formula is C10H16N5O8P. The van der Waals surface area contributed by atoms with E-state index in [0.717, 1.165) is 6.34 Å². The number of nitrogens with two attached hydrogens (primary N) is 1. The van der Waals surface area contributed by atoms with Gasteiger partial charge in [-0.05, 0) is 0 Å². The Labute approximate surface area is 135 Å². The van der Waals surface area contributed by atoms with Crippen molar-refractivity contribution < 1.29 is 39.0 Å². The van der Waals surface area contributed by atoms with E-state index < -0.39 is 45.1 Å². The Hall–Kier alpha value is -1.57. The Morgan fingerprint density at radius 2 is 2.00 bits per heavy atom. The minimum Gasteiger partial charge on any atom is -0.394 e. The van der Waals surface area contributed by atoms with E-state index in [1.807, 2.05) is 0 Å². The van der Waals surface area contributed by atoms with Gasteiger partial charge in [0, 0.05) is 0 Å². The van der Waals surface area contributed by atoms with Gasteiger partial charge in [0.1, 0.15) is 30.3 Å². The van der Waals surface area contributed by atoms with Crippen LogP contribution in [0.15, 0.2) is 21.5 Å². The van der Waals surface area contributed by atoms with Crippen LogP contribution in [0.2, 0.25) is 0 Å². The molecule has 7 N–H and O–H groups in total. The molecule has 3 rings (SSSR count). The summed E-state index contributed by atoms with van der Waals surface area (Å²) in [5.41, 5.74) is 5.81. The molecule has 3 heterocycles. The van der Waals surface area contributed by atoms with Crippen molar-refractivity contribution in [1.29, 1.82) is 0 Å². The van der Waals surface area contributed by atoms with Crippen molar-refractivity contribution in [3.63, 3.8) is 0 Å². The van der Waals surface area contributed by atoms with Crippen molar-refractivity contribution >= 4 is 20.5 Å². The molecule has 13 nitrogen and oxygen atoms in total. The number of aliphatic hydroxyl groups is 3. The molecule has 14 heteroatoms. The van der Waals surface area contributed by atoms with Crippen molar-refractivity contribution in [3.05, 3.63) is 11.5 Å². The summed E-state index contributed by atoms with van der Waals surface area (Å²) in [5.74, 6) is -0.0175. The van der Waals surface area contributed by atoms with Crippen LogP contribution in [0.5, 0.6) is 0 Å². The van der Waals surface area contributed by atoms with Crippen molar-refractivity contribution in [2.75, 3.05) is 6.61 Å². The van der Waals surface area contributed by atoms with Crippen LogP contribution in [0.1, 0.15) is 0 Å². The van der Waals surface area contributed by atoms with Crippen LogP contribution in [0.4, 0.5) is 0 Å². The van der Waals surface area contributed by atoms with Crippen molar-refractivity contribution in [2.45, 2.75) is 30.7 Å². The van der Waals surface area contributed by atoms with Gasteiger partial charge in [0.25, 0.3) is 0 Å². The lowest BCUT2D eigenvalue weighted by molar-refractivity contribution is -0.131. The lowest BCUT2D eigenvalue weighted by Gasteiger charge is -2.37. The van der Waals surface area contributed by atoms with Gasteiger partial charge in [0.2, 0.25) is 0 Å². The fourth-order valence-electron chi connectivity index (χ4n) is 2.62. The summed E-state index contributed by atoms with van der Waals surface area (Å²) >= 11 is 0. The molecule has 0 aliphatic carbocycles. The molecule has 0 amide bonds. The molecular weight excluding hydrogens is 349 g/mol. The van der Waals surface area contributed by atoms with Crippen molar-refractivity contribution in [2.24, 2.45) is 15.7 Å². The lowest BCUT2D eigenvalue weighted by Crippen LogP contribution is -2.54. The van der Waals surface area contributed by atoms with E-state index in [1.54, 1.807) is 0 Å². The first-order valence-electron chi connectivity index (χ1n) is 6.74. The molecule has 0 saturated carbocycles. The fourth-order valence-corrected chi connectivity index (χ4v) is 3.00. The lowest BCUT2D eigenvalue weighted by atomic mass is 10.1. The maximum atomic E-state index is 11.1. The molecule has 3 aliphatic rings. The average molecular weight is 365 g/mol. The number of phosphoric acid groups is 1. The monoisotopic (exact) mass is 365 g/mol. The largest absolute Gasteiger partial charge is 0.491 e. The Bertz CT molecular complexity index is 649. The predicted octanol–water partition coefficient (Wildman–Crippen LogP) is -3.41. The van der Waals surface area contributed by atoms with Gasteiger partial charge in [-0.2, -0.15) is 4.62 Å². The molecule has 0 aromatic heterocycles. The van der Waals surface area contributed by atoms with Crippen LogP contribution in [-0.2, 0) is 13.9 Å². The van der Waals surface area contributed by atoms with Gasteiger partial charge >= 0.3 is 7.82 Å². The van der Waals surface area contributed by atoms with E-state index in [0.29, 0.717) is 5.06 Å². The first kappa shape index (κ1) is 17.3. The van der Waals surface area contributed by atoms with Crippen LogP contribution in [0.25, 0.3) is 0 Å². The van der Waals surface area contributed by atoms with E-state index >= 15 is 0 Å². The summed E-state index contributed by atoms with van der Waals surface area (Å²) in [6.07, 6.45) is -3.89. The predicted molar refractivity (Wildman–Crippen MR) is 76.6 cm³/mol. The van der Waals surface area contributed by atoms with E-state index in [4.69, 9.17) is 25.4 Å². The third kappa shape index (κ3) is 2.92. The summed E-state index contributed by atoms with van der Waals surface area (Å²) in [4.78, 5) is 27.0. The molecule has 0 radical (unpaired) electrons. The molecule has 0 spiro atoms. The number of rotatable bonds is 4. The molecule has 0 bridgehead atoms. The first-order chi connectivity index (χ1) is 11.2. The molecule has 1 saturated heterocycles. The molecule has 1 unspecified atom stereocenters. The van der Waals surface area contributed by atoms with Gasteiger partial charge in [0.05, 0.1) is 12.9 Å². The number of hydroxylamine groups is 2. The number of nitrogens with zero attached hydrogens (tertiary/aromatic N) is 4. The molecule has 0 aromatic rings. The van der Waals surface area contributed by atoms with E-state index in [-0.39, 0.29) is 11.5 Å². The highest BCUT2D eigenvalue weighted by molar-refractivity contribution is 7.46. The Morgan fingerprint density at radius 1 is 1.29 bits per heavy atom. The minimum absolute atomic E-state index is 0.0175. The zero-order valence-electron chi connectivity index (χ0n) is 12.0. The van der Waals surface area contributed by atoms with Gasteiger partial charge in [-0.15, -0.1) is 0 Å². The van der Waals surface area contributed by atoms with Crippen molar-refractivity contribution in [3.8, 4) is 0 Å². The fraction of sp³-hybridized carbons (Fsp3) is 0.600. The number of ether oxygens (including phenoxy) is 1. The Morgan fingerprint density at radius 3 is 2.58 bits per heavy atom. The smallest absolute Gasteiger partial charge is 0.394 e. The first-order valence-corrected chi connectivity index (χ1v) is 8.27. The maximum absolute atomic E-state index is 11.1. The van der Waals surface area contributed by atoms with Gasteiger partial charge < -0.3 is 40.5 Å². The van der Waals surface area contributed by atoms with E-state index in [2.05, 4.69) is 14.6 Å². The Balaban J connectivity index is 1.89. The zero-order chi connectivity index (χ0) is 17.6. The molecule has 24 heavy (non-hydrogen) atoms. The summed E-state index contributed by atoms with van der Waals surface area (Å²) in [6, 6.07) is 0. The quantitative estimate of drug-likeness (QED) is 0.272. The number of fused-ring (bicyclic) bond motifs is 1. The SMILES string of the molecule is NC1=C2N=CN([C@@H]3O[C@H](CO)[C@@H](O)[C@H]3O)C2N(OP(=O)(O)O)C=N1. The second-order valence-corrected chi connectivity index (χ2v) is 6.39.